The highest BCUT2D eigenvalue weighted by Gasteiger charge is 2.47. The van der Waals surface area contributed by atoms with E-state index in [9.17, 15) is 5.11 Å². The minimum absolute atomic E-state index is 0.0325. The van der Waals surface area contributed by atoms with E-state index in [-0.39, 0.29) is 5.41 Å². The van der Waals surface area contributed by atoms with E-state index in [2.05, 4.69) is 18.8 Å². The van der Waals surface area contributed by atoms with E-state index in [1.165, 1.54) is 0 Å². The fourth-order valence-corrected chi connectivity index (χ4v) is 2.64. The lowest BCUT2D eigenvalue weighted by Crippen LogP contribution is -2.42. The molecule has 0 bridgehead atoms. The molecule has 0 aromatic carbocycles. The summed E-state index contributed by atoms with van der Waals surface area (Å²) in [7, 11) is 0. The van der Waals surface area contributed by atoms with Gasteiger partial charge in [0.15, 0.2) is 0 Å². The normalized spacial score (nSPS) is 28.2. The van der Waals surface area contributed by atoms with Crippen LogP contribution >= 0.6 is 0 Å². The Balaban J connectivity index is 2.25. The van der Waals surface area contributed by atoms with Crippen LogP contribution in [-0.2, 0) is 6.42 Å². The number of anilines is 1. The number of rotatable bonds is 2. The first kappa shape index (κ1) is 11.4. The van der Waals surface area contributed by atoms with Crippen molar-refractivity contribution in [2.45, 2.75) is 45.1 Å². The second-order valence-corrected chi connectivity index (χ2v) is 5.49. The Bertz CT molecular complexity index is 389. The Kier molecular flexibility index (Phi) is 2.66. The van der Waals surface area contributed by atoms with Crippen molar-refractivity contribution < 1.29 is 5.11 Å². The fraction of sp³-hybridized carbons (Fsp3) is 0.615. The lowest BCUT2D eigenvalue weighted by Gasteiger charge is -2.37. The van der Waals surface area contributed by atoms with Crippen LogP contribution in [0.5, 0.6) is 0 Å². The topological polar surface area (TPSA) is 59.1 Å². The Morgan fingerprint density at radius 2 is 2.19 bits per heavy atom. The summed E-state index contributed by atoms with van der Waals surface area (Å²) < 4.78 is 0. The molecule has 1 heterocycles. The van der Waals surface area contributed by atoms with Crippen LogP contribution in [-0.4, -0.2) is 15.7 Å². The number of nitrogens with two attached hydrogens (primary N) is 1. The summed E-state index contributed by atoms with van der Waals surface area (Å²) in [5, 5.41) is 10.7. The largest absolute Gasteiger partial charge is 0.389 e. The minimum Gasteiger partial charge on any atom is -0.389 e. The van der Waals surface area contributed by atoms with Gasteiger partial charge in [-0.25, -0.2) is 4.98 Å². The molecule has 2 rings (SSSR count). The standard InChI is InChI=1S/C13H20N2O/c1-12(2)6-4-7-13(12,16)9-10-5-3-8-15-11(10)14/h3,5,8,16H,4,6-7,9H2,1-2H3,(H2,14,15). The third-order valence-corrected chi connectivity index (χ3v) is 4.06. The molecular formula is C13H20N2O. The zero-order valence-electron chi connectivity index (χ0n) is 10.0. The molecule has 0 amide bonds. The second kappa shape index (κ2) is 3.74. The van der Waals surface area contributed by atoms with Crippen LogP contribution in [0.15, 0.2) is 18.3 Å². The van der Waals surface area contributed by atoms with Crippen LogP contribution in [0.1, 0.15) is 38.7 Å². The predicted octanol–water partition coefficient (Wildman–Crippen LogP) is 2.15. The van der Waals surface area contributed by atoms with Gasteiger partial charge in [-0.2, -0.15) is 0 Å². The Morgan fingerprint density at radius 3 is 2.75 bits per heavy atom. The van der Waals surface area contributed by atoms with E-state index >= 15 is 0 Å². The van der Waals surface area contributed by atoms with Crippen molar-refractivity contribution in [2.75, 3.05) is 5.73 Å². The van der Waals surface area contributed by atoms with Crippen LogP contribution in [0.25, 0.3) is 0 Å². The summed E-state index contributed by atoms with van der Waals surface area (Å²) in [4.78, 5) is 4.07. The molecule has 3 heteroatoms. The van der Waals surface area contributed by atoms with Gasteiger partial charge in [-0.1, -0.05) is 19.9 Å². The minimum atomic E-state index is -0.635. The fourth-order valence-electron chi connectivity index (χ4n) is 2.64. The van der Waals surface area contributed by atoms with Crippen LogP contribution in [0.3, 0.4) is 0 Å². The Labute approximate surface area is 96.7 Å². The molecule has 0 saturated heterocycles. The van der Waals surface area contributed by atoms with Gasteiger partial charge in [0.1, 0.15) is 5.82 Å². The molecular weight excluding hydrogens is 200 g/mol. The number of aliphatic hydroxyl groups is 1. The maximum absolute atomic E-state index is 10.7. The molecule has 1 atom stereocenters. The van der Waals surface area contributed by atoms with Crippen LogP contribution in [0, 0.1) is 5.41 Å². The molecule has 16 heavy (non-hydrogen) atoms. The van der Waals surface area contributed by atoms with Crippen molar-refractivity contribution in [1.82, 2.24) is 4.98 Å². The van der Waals surface area contributed by atoms with E-state index in [1.807, 2.05) is 12.1 Å². The molecule has 3 nitrogen and oxygen atoms in total. The second-order valence-electron chi connectivity index (χ2n) is 5.49. The van der Waals surface area contributed by atoms with Gasteiger partial charge in [-0.05, 0) is 36.3 Å². The molecule has 1 aliphatic rings. The van der Waals surface area contributed by atoms with Gasteiger partial charge in [0.25, 0.3) is 0 Å². The zero-order chi connectivity index (χ0) is 11.8. The van der Waals surface area contributed by atoms with E-state index in [0.29, 0.717) is 12.2 Å². The number of nitrogens with zero attached hydrogens (tertiary/aromatic N) is 1. The smallest absolute Gasteiger partial charge is 0.126 e. The highest BCUT2D eigenvalue weighted by molar-refractivity contribution is 5.39. The predicted molar refractivity (Wildman–Crippen MR) is 64.9 cm³/mol. The average Bonchev–Trinajstić information content (AvgIpc) is 2.45. The van der Waals surface area contributed by atoms with E-state index in [0.717, 1.165) is 24.8 Å². The van der Waals surface area contributed by atoms with E-state index in [4.69, 9.17) is 5.73 Å². The molecule has 0 spiro atoms. The molecule has 1 fully saturated rings. The molecule has 0 aliphatic heterocycles. The van der Waals surface area contributed by atoms with Gasteiger partial charge >= 0.3 is 0 Å². The summed E-state index contributed by atoms with van der Waals surface area (Å²) in [6.07, 6.45) is 5.31. The molecule has 1 aromatic rings. The maximum atomic E-state index is 10.7. The van der Waals surface area contributed by atoms with Gasteiger partial charge in [-0.15, -0.1) is 0 Å². The maximum Gasteiger partial charge on any atom is 0.126 e. The lowest BCUT2D eigenvalue weighted by molar-refractivity contribution is -0.0418. The summed E-state index contributed by atoms with van der Waals surface area (Å²) in [5.41, 5.74) is 6.11. The first-order chi connectivity index (χ1) is 7.45. The Hall–Kier alpha value is -1.09. The SMILES string of the molecule is CC1(C)CCCC1(O)Cc1cccnc1N. The number of hydrogen-bond donors (Lipinski definition) is 2. The molecule has 1 aromatic heterocycles. The van der Waals surface area contributed by atoms with Crippen molar-refractivity contribution in [2.24, 2.45) is 5.41 Å². The highest BCUT2D eigenvalue weighted by Crippen LogP contribution is 2.47. The van der Waals surface area contributed by atoms with Gasteiger partial charge in [-0.3, -0.25) is 0 Å². The third-order valence-electron chi connectivity index (χ3n) is 4.06. The molecule has 0 radical (unpaired) electrons. The number of aromatic nitrogens is 1. The van der Waals surface area contributed by atoms with Gasteiger partial charge < -0.3 is 10.8 Å². The monoisotopic (exact) mass is 220 g/mol. The third kappa shape index (κ3) is 1.80. The van der Waals surface area contributed by atoms with Crippen LogP contribution in [0.2, 0.25) is 0 Å². The number of hydrogen-bond acceptors (Lipinski definition) is 3. The van der Waals surface area contributed by atoms with Gasteiger partial charge in [0.2, 0.25) is 0 Å². The van der Waals surface area contributed by atoms with Crippen molar-refractivity contribution in [3.05, 3.63) is 23.9 Å². The first-order valence-corrected chi connectivity index (χ1v) is 5.86. The van der Waals surface area contributed by atoms with E-state index in [1.54, 1.807) is 6.20 Å². The molecule has 1 aliphatic carbocycles. The lowest BCUT2D eigenvalue weighted by atomic mass is 9.74. The zero-order valence-corrected chi connectivity index (χ0v) is 10.0. The summed E-state index contributed by atoms with van der Waals surface area (Å²) >= 11 is 0. The summed E-state index contributed by atoms with van der Waals surface area (Å²) in [6, 6.07) is 3.83. The first-order valence-electron chi connectivity index (χ1n) is 5.86. The molecule has 88 valence electrons. The average molecular weight is 220 g/mol. The number of nitrogen functional groups attached to an aromatic ring is 1. The highest BCUT2D eigenvalue weighted by atomic mass is 16.3. The van der Waals surface area contributed by atoms with E-state index < -0.39 is 5.60 Å². The van der Waals surface area contributed by atoms with Crippen molar-refractivity contribution in [3.63, 3.8) is 0 Å². The molecule has 3 N–H and O–H groups in total. The van der Waals surface area contributed by atoms with Crippen LogP contribution in [0.4, 0.5) is 5.82 Å². The molecule has 1 saturated carbocycles. The number of pyridine rings is 1. The van der Waals surface area contributed by atoms with Crippen molar-refractivity contribution >= 4 is 5.82 Å². The van der Waals surface area contributed by atoms with Gasteiger partial charge in [0, 0.05) is 12.6 Å². The van der Waals surface area contributed by atoms with Crippen molar-refractivity contribution in [3.8, 4) is 0 Å². The summed E-state index contributed by atoms with van der Waals surface area (Å²) in [5.74, 6) is 0.540. The van der Waals surface area contributed by atoms with Crippen molar-refractivity contribution in [1.29, 1.82) is 0 Å². The Morgan fingerprint density at radius 1 is 1.44 bits per heavy atom. The molecule has 1 unspecified atom stereocenters. The van der Waals surface area contributed by atoms with Gasteiger partial charge in [0.05, 0.1) is 5.60 Å². The summed E-state index contributed by atoms with van der Waals surface area (Å²) in [6.45, 7) is 4.26. The van der Waals surface area contributed by atoms with Crippen LogP contribution < -0.4 is 5.73 Å². The quantitative estimate of drug-likeness (QED) is 0.803.